The Hall–Kier alpha value is -0.520. The molecule has 1 rings (SSSR count). The highest BCUT2D eigenvalue weighted by Gasteiger charge is 2.01. The van der Waals surface area contributed by atoms with Crippen LogP contribution < -0.4 is 0 Å². The molecule has 0 atom stereocenters. The maximum Gasteiger partial charge on any atom is 0.0670 e. The zero-order chi connectivity index (χ0) is 8.27. The molecule has 1 nitrogen and oxygen atoms in total. The van der Waals surface area contributed by atoms with Gasteiger partial charge in [0.15, 0.2) is 0 Å². The molecule has 1 aromatic carbocycles. The molecule has 0 aliphatic carbocycles. The van der Waals surface area contributed by atoms with Crippen LogP contribution in [-0.4, -0.2) is 0 Å². The second-order valence-corrected chi connectivity index (χ2v) is 3.28. The van der Waals surface area contributed by atoms with Gasteiger partial charge in [-0.2, -0.15) is 5.26 Å². The Balaban J connectivity index is 3.08. The topological polar surface area (TPSA) is 23.8 Å². The van der Waals surface area contributed by atoms with E-state index in [4.69, 9.17) is 16.9 Å². The van der Waals surface area contributed by atoms with Gasteiger partial charge in [0.05, 0.1) is 17.5 Å². The smallest absolute Gasteiger partial charge is 0.0670 e. The number of benzene rings is 1. The zero-order valence-electron chi connectivity index (χ0n) is 5.64. The minimum absolute atomic E-state index is 0.359. The first-order valence-electron chi connectivity index (χ1n) is 3.05. The van der Waals surface area contributed by atoms with Gasteiger partial charge in [-0.05, 0) is 27.6 Å². The van der Waals surface area contributed by atoms with Crippen molar-refractivity contribution in [1.82, 2.24) is 0 Å². The van der Waals surface area contributed by atoms with Crippen molar-refractivity contribution in [3.05, 3.63) is 33.3 Å². The van der Waals surface area contributed by atoms with E-state index in [-0.39, 0.29) is 0 Å². The van der Waals surface area contributed by atoms with E-state index in [0.717, 1.165) is 10.0 Å². The summed E-state index contributed by atoms with van der Waals surface area (Å²) in [5.74, 6) is 0. The molecule has 11 heavy (non-hydrogen) atoms. The number of halogens is 2. The Morgan fingerprint density at radius 1 is 1.55 bits per heavy atom. The summed E-state index contributed by atoms with van der Waals surface area (Å²) in [6.45, 7) is 0. The third-order valence-electron chi connectivity index (χ3n) is 1.30. The fourth-order valence-electron chi connectivity index (χ4n) is 0.770. The van der Waals surface area contributed by atoms with Gasteiger partial charge in [0.2, 0.25) is 0 Å². The van der Waals surface area contributed by atoms with E-state index >= 15 is 0 Å². The maximum absolute atomic E-state index is 8.41. The SMILES string of the molecule is N#CCc1cccc(Br)c1Cl. The van der Waals surface area contributed by atoms with Crippen molar-refractivity contribution in [2.75, 3.05) is 0 Å². The summed E-state index contributed by atoms with van der Waals surface area (Å²) >= 11 is 9.15. The van der Waals surface area contributed by atoms with Gasteiger partial charge in [0, 0.05) is 4.47 Å². The highest BCUT2D eigenvalue weighted by molar-refractivity contribution is 9.10. The van der Waals surface area contributed by atoms with Gasteiger partial charge in [0.1, 0.15) is 0 Å². The summed E-state index contributed by atoms with van der Waals surface area (Å²) in [7, 11) is 0. The molecule has 0 fully saturated rings. The van der Waals surface area contributed by atoms with E-state index in [1.165, 1.54) is 0 Å². The van der Waals surface area contributed by atoms with Crippen molar-refractivity contribution in [3.63, 3.8) is 0 Å². The van der Waals surface area contributed by atoms with Crippen LogP contribution in [0.1, 0.15) is 5.56 Å². The van der Waals surface area contributed by atoms with Gasteiger partial charge in [-0.3, -0.25) is 0 Å². The van der Waals surface area contributed by atoms with Crippen molar-refractivity contribution in [2.45, 2.75) is 6.42 Å². The Morgan fingerprint density at radius 2 is 2.27 bits per heavy atom. The zero-order valence-corrected chi connectivity index (χ0v) is 7.98. The molecule has 0 aromatic heterocycles. The minimum atomic E-state index is 0.359. The van der Waals surface area contributed by atoms with Crippen LogP contribution in [0.25, 0.3) is 0 Å². The second-order valence-electron chi connectivity index (χ2n) is 2.05. The monoisotopic (exact) mass is 229 g/mol. The highest BCUT2D eigenvalue weighted by atomic mass is 79.9. The normalized spacial score (nSPS) is 9.18. The van der Waals surface area contributed by atoms with Gasteiger partial charge < -0.3 is 0 Å². The predicted octanol–water partition coefficient (Wildman–Crippen LogP) is 3.17. The van der Waals surface area contributed by atoms with Gasteiger partial charge in [-0.1, -0.05) is 23.7 Å². The molecule has 56 valence electrons. The lowest BCUT2D eigenvalue weighted by molar-refractivity contribution is 1.26. The van der Waals surface area contributed by atoms with Crippen LogP contribution in [0.15, 0.2) is 22.7 Å². The quantitative estimate of drug-likeness (QED) is 0.727. The second kappa shape index (κ2) is 3.75. The average Bonchev–Trinajstić information content (AvgIpc) is 1.99. The van der Waals surface area contributed by atoms with Gasteiger partial charge in [-0.25, -0.2) is 0 Å². The summed E-state index contributed by atoms with van der Waals surface area (Å²) < 4.78 is 0.840. The van der Waals surface area contributed by atoms with Gasteiger partial charge in [-0.15, -0.1) is 0 Å². The van der Waals surface area contributed by atoms with E-state index in [1.807, 2.05) is 24.3 Å². The van der Waals surface area contributed by atoms with Crippen LogP contribution >= 0.6 is 27.5 Å². The molecule has 0 saturated heterocycles. The molecule has 0 N–H and O–H groups in total. The van der Waals surface area contributed by atoms with Gasteiger partial charge >= 0.3 is 0 Å². The Morgan fingerprint density at radius 3 is 2.91 bits per heavy atom. The Bertz CT molecular complexity index is 303. The summed E-state index contributed by atoms with van der Waals surface area (Å²) in [6.07, 6.45) is 0.359. The molecule has 0 aliphatic rings. The van der Waals surface area contributed by atoms with Crippen molar-refractivity contribution in [1.29, 1.82) is 5.26 Å². The van der Waals surface area contributed by atoms with Crippen LogP contribution in [0.4, 0.5) is 0 Å². The lowest BCUT2D eigenvalue weighted by atomic mass is 10.2. The number of hydrogen-bond donors (Lipinski definition) is 0. The van der Waals surface area contributed by atoms with E-state index in [0.29, 0.717) is 11.4 Å². The van der Waals surface area contributed by atoms with Crippen LogP contribution in [0.2, 0.25) is 5.02 Å². The van der Waals surface area contributed by atoms with E-state index in [9.17, 15) is 0 Å². The fourth-order valence-corrected chi connectivity index (χ4v) is 1.37. The van der Waals surface area contributed by atoms with E-state index in [2.05, 4.69) is 15.9 Å². The van der Waals surface area contributed by atoms with Crippen molar-refractivity contribution < 1.29 is 0 Å². The van der Waals surface area contributed by atoms with Gasteiger partial charge in [0.25, 0.3) is 0 Å². The molecule has 0 bridgehead atoms. The number of hydrogen-bond acceptors (Lipinski definition) is 1. The number of rotatable bonds is 1. The lowest BCUT2D eigenvalue weighted by Gasteiger charge is -1.99. The largest absolute Gasteiger partial charge is 0.198 e. The molecule has 0 unspecified atom stereocenters. The Kier molecular flexibility index (Phi) is 2.92. The van der Waals surface area contributed by atoms with Crippen LogP contribution in [0, 0.1) is 11.3 Å². The molecule has 0 aliphatic heterocycles. The standard InChI is InChI=1S/C8H5BrClN/c9-7-3-1-2-6(4-5-11)8(7)10/h1-3H,4H2. The Labute approximate surface area is 78.7 Å². The third-order valence-corrected chi connectivity index (χ3v) is 2.64. The van der Waals surface area contributed by atoms with Crippen LogP contribution in [-0.2, 0) is 6.42 Å². The number of nitriles is 1. The molecular weight excluding hydrogens is 225 g/mol. The first kappa shape index (κ1) is 8.58. The number of nitrogens with zero attached hydrogens (tertiary/aromatic N) is 1. The summed E-state index contributed by atoms with van der Waals surface area (Å²) in [4.78, 5) is 0. The molecular formula is C8H5BrClN. The maximum atomic E-state index is 8.41. The lowest BCUT2D eigenvalue weighted by Crippen LogP contribution is -1.82. The molecule has 0 saturated carbocycles. The first-order chi connectivity index (χ1) is 5.25. The van der Waals surface area contributed by atoms with Crippen molar-refractivity contribution in [2.24, 2.45) is 0 Å². The summed E-state index contributed by atoms with van der Waals surface area (Å²) in [6, 6.07) is 7.60. The predicted molar refractivity (Wildman–Crippen MR) is 48.5 cm³/mol. The molecule has 0 radical (unpaired) electrons. The van der Waals surface area contributed by atoms with Crippen LogP contribution in [0.5, 0.6) is 0 Å². The van der Waals surface area contributed by atoms with Crippen LogP contribution in [0.3, 0.4) is 0 Å². The molecule has 0 heterocycles. The van der Waals surface area contributed by atoms with Crippen molar-refractivity contribution in [3.8, 4) is 6.07 Å². The highest BCUT2D eigenvalue weighted by Crippen LogP contribution is 2.25. The summed E-state index contributed by atoms with van der Waals surface area (Å²) in [5.41, 5.74) is 0.864. The molecule has 3 heteroatoms. The fraction of sp³-hybridized carbons (Fsp3) is 0.125. The first-order valence-corrected chi connectivity index (χ1v) is 4.22. The molecule has 0 amide bonds. The minimum Gasteiger partial charge on any atom is -0.198 e. The molecule has 1 aromatic rings. The van der Waals surface area contributed by atoms with Crippen molar-refractivity contribution >= 4 is 27.5 Å². The average molecular weight is 230 g/mol. The van der Waals surface area contributed by atoms with E-state index < -0.39 is 0 Å². The molecule has 0 spiro atoms. The van der Waals surface area contributed by atoms with E-state index in [1.54, 1.807) is 0 Å². The third kappa shape index (κ3) is 1.95. The summed E-state index contributed by atoms with van der Waals surface area (Å²) in [5, 5.41) is 9.04.